The minimum absolute atomic E-state index is 0.0346. The molecule has 94 valence electrons. The zero-order valence-corrected chi connectivity index (χ0v) is 10.9. The molecule has 2 aromatic rings. The van der Waals surface area contributed by atoms with Gasteiger partial charge in [0.15, 0.2) is 0 Å². The van der Waals surface area contributed by atoms with Gasteiger partial charge in [-0.2, -0.15) is 11.3 Å². The number of anilines is 1. The van der Waals surface area contributed by atoms with Gasteiger partial charge in [0, 0.05) is 5.38 Å². The summed E-state index contributed by atoms with van der Waals surface area (Å²) < 4.78 is 0. The highest BCUT2D eigenvalue weighted by molar-refractivity contribution is 7.08. The van der Waals surface area contributed by atoms with E-state index in [9.17, 15) is 9.90 Å². The number of aliphatic hydroxyl groups is 1. The molecule has 0 bridgehead atoms. The molecule has 0 spiro atoms. The van der Waals surface area contributed by atoms with Crippen LogP contribution in [0.2, 0.25) is 0 Å². The minimum atomic E-state index is -1.15. The van der Waals surface area contributed by atoms with E-state index in [-0.39, 0.29) is 12.3 Å². The molecule has 0 radical (unpaired) electrons. The molecule has 0 fully saturated rings. The van der Waals surface area contributed by atoms with Crippen molar-refractivity contribution in [3.63, 3.8) is 0 Å². The van der Waals surface area contributed by atoms with Crippen LogP contribution in [0.4, 0.5) is 5.69 Å². The smallest absolute Gasteiger partial charge is 0.227 e. The molecular weight excluding hydrogens is 246 g/mol. The zero-order valence-electron chi connectivity index (χ0n) is 10.1. The Morgan fingerprint density at radius 2 is 2.06 bits per heavy atom. The maximum absolute atomic E-state index is 11.8. The fourth-order valence-corrected chi connectivity index (χ4v) is 2.34. The van der Waals surface area contributed by atoms with Crippen LogP contribution in [0.5, 0.6) is 0 Å². The third-order valence-corrected chi connectivity index (χ3v) is 3.39. The lowest BCUT2D eigenvalue weighted by Crippen LogP contribution is -2.28. The molecule has 1 aromatic heterocycles. The number of nitrogens with one attached hydrogen (secondary N) is 1. The summed E-state index contributed by atoms with van der Waals surface area (Å²) in [4.78, 5) is 11.8. The topological polar surface area (TPSA) is 49.3 Å². The van der Waals surface area contributed by atoms with Gasteiger partial charge < -0.3 is 10.4 Å². The first-order chi connectivity index (χ1) is 8.58. The van der Waals surface area contributed by atoms with Gasteiger partial charge in [0.1, 0.15) is 0 Å². The Labute approximate surface area is 110 Å². The second-order valence-electron chi connectivity index (χ2n) is 4.38. The lowest BCUT2D eigenvalue weighted by Gasteiger charge is -2.23. The van der Waals surface area contributed by atoms with Gasteiger partial charge in [-0.05, 0) is 23.9 Å². The summed E-state index contributed by atoms with van der Waals surface area (Å²) in [6.45, 7) is 1.65. The van der Waals surface area contributed by atoms with Crippen molar-refractivity contribution in [1.29, 1.82) is 0 Å². The summed E-state index contributed by atoms with van der Waals surface area (Å²) >= 11 is 1.52. The normalized spacial score (nSPS) is 13.9. The first-order valence-corrected chi connectivity index (χ1v) is 6.62. The molecule has 0 aliphatic carbocycles. The molecule has 1 aromatic carbocycles. The van der Waals surface area contributed by atoms with E-state index in [0.29, 0.717) is 0 Å². The standard InChI is InChI=1S/C14H15NO2S/c1-14(17,11-5-3-2-4-6-11)9-13(16)15-12-7-8-18-10-12/h2-8,10,17H,9H2,1H3,(H,15,16). The second-order valence-corrected chi connectivity index (χ2v) is 5.16. The van der Waals surface area contributed by atoms with Gasteiger partial charge in [0.25, 0.3) is 0 Å². The first-order valence-electron chi connectivity index (χ1n) is 5.68. The Hall–Kier alpha value is -1.65. The molecule has 1 heterocycles. The minimum Gasteiger partial charge on any atom is -0.385 e. The summed E-state index contributed by atoms with van der Waals surface area (Å²) in [5, 5.41) is 16.8. The van der Waals surface area contributed by atoms with Crippen molar-refractivity contribution in [1.82, 2.24) is 0 Å². The van der Waals surface area contributed by atoms with E-state index in [1.807, 2.05) is 47.2 Å². The highest BCUT2D eigenvalue weighted by atomic mass is 32.1. The Kier molecular flexibility index (Phi) is 3.79. The number of carbonyl (C=O) groups excluding carboxylic acids is 1. The maximum atomic E-state index is 11.8. The molecule has 3 nitrogen and oxygen atoms in total. The van der Waals surface area contributed by atoms with E-state index < -0.39 is 5.60 Å². The van der Waals surface area contributed by atoms with Gasteiger partial charge in [0.05, 0.1) is 17.7 Å². The average Bonchev–Trinajstić information content (AvgIpc) is 2.82. The SMILES string of the molecule is CC(O)(CC(=O)Nc1ccsc1)c1ccccc1. The number of hydrogen-bond acceptors (Lipinski definition) is 3. The molecule has 2 N–H and O–H groups in total. The van der Waals surface area contributed by atoms with Crippen LogP contribution in [-0.2, 0) is 10.4 Å². The van der Waals surface area contributed by atoms with E-state index >= 15 is 0 Å². The molecule has 2 rings (SSSR count). The van der Waals surface area contributed by atoms with Crippen molar-refractivity contribution in [2.24, 2.45) is 0 Å². The molecule has 18 heavy (non-hydrogen) atoms. The van der Waals surface area contributed by atoms with Crippen LogP contribution >= 0.6 is 11.3 Å². The van der Waals surface area contributed by atoms with Gasteiger partial charge in [-0.1, -0.05) is 30.3 Å². The van der Waals surface area contributed by atoms with Crippen molar-refractivity contribution < 1.29 is 9.90 Å². The molecule has 0 saturated carbocycles. The molecule has 4 heteroatoms. The molecule has 1 unspecified atom stereocenters. The van der Waals surface area contributed by atoms with E-state index in [0.717, 1.165) is 11.3 Å². The predicted molar refractivity (Wildman–Crippen MR) is 73.6 cm³/mol. The van der Waals surface area contributed by atoms with E-state index in [1.165, 1.54) is 11.3 Å². The number of rotatable bonds is 4. The molecule has 0 aliphatic heterocycles. The van der Waals surface area contributed by atoms with Crippen molar-refractivity contribution in [3.8, 4) is 0 Å². The van der Waals surface area contributed by atoms with Crippen LogP contribution in [0.15, 0.2) is 47.2 Å². The number of amides is 1. The lowest BCUT2D eigenvalue weighted by atomic mass is 9.92. The fraction of sp³-hybridized carbons (Fsp3) is 0.214. The van der Waals surface area contributed by atoms with Gasteiger partial charge in [-0.25, -0.2) is 0 Å². The second kappa shape index (κ2) is 5.33. The number of thiophene rings is 1. The third kappa shape index (κ3) is 3.18. The summed E-state index contributed by atoms with van der Waals surface area (Å²) in [5.74, 6) is -0.192. The lowest BCUT2D eigenvalue weighted by molar-refractivity contribution is -0.120. The van der Waals surface area contributed by atoms with E-state index in [1.54, 1.807) is 6.92 Å². The molecule has 1 amide bonds. The Bertz CT molecular complexity index is 506. The highest BCUT2D eigenvalue weighted by Crippen LogP contribution is 2.24. The van der Waals surface area contributed by atoms with Crippen molar-refractivity contribution in [2.45, 2.75) is 18.9 Å². The Morgan fingerprint density at radius 1 is 1.33 bits per heavy atom. The quantitative estimate of drug-likeness (QED) is 0.889. The Morgan fingerprint density at radius 3 is 2.67 bits per heavy atom. The van der Waals surface area contributed by atoms with Crippen LogP contribution in [0.25, 0.3) is 0 Å². The predicted octanol–water partition coefficient (Wildman–Crippen LogP) is 2.98. The summed E-state index contributed by atoms with van der Waals surface area (Å²) in [5.41, 5.74) is 0.362. The van der Waals surface area contributed by atoms with Crippen LogP contribution in [0, 0.1) is 0 Å². The van der Waals surface area contributed by atoms with Crippen LogP contribution in [0.3, 0.4) is 0 Å². The van der Waals surface area contributed by atoms with Crippen molar-refractivity contribution >= 4 is 22.9 Å². The summed E-state index contributed by atoms with van der Waals surface area (Å²) in [6.07, 6.45) is 0.0346. The van der Waals surface area contributed by atoms with Crippen LogP contribution in [0.1, 0.15) is 18.9 Å². The van der Waals surface area contributed by atoms with E-state index in [2.05, 4.69) is 5.32 Å². The van der Waals surface area contributed by atoms with Crippen molar-refractivity contribution in [3.05, 3.63) is 52.7 Å². The fourth-order valence-electron chi connectivity index (χ4n) is 1.75. The average molecular weight is 261 g/mol. The monoisotopic (exact) mass is 261 g/mol. The van der Waals surface area contributed by atoms with Gasteiger partial charge in [0.2, 0.25) is 5.91 Å². The first kappa shape index (κ1) is 12.8. The number of carbonyl (C=O) groups is 1. The number of benzene rings is 1. The van der Waals surface area contributed by atoms with Crippen LogP contribution < -0.4 is 5.32 Å². The largest absolute Gasteiger partial charge is 0.385 e. The third-order valence-electron chi connectivity index (χ3n) is 2.71. The van der Waals surface area contributed by atoms with Gasteiger partial charge in [-0.15, -0.1) is 0 Å². The van der Waals surface area contributed by atoms with E-state index in [4.69, 9.17) is 0 Å². The molecular formula is C14H15NO2S. The highest BCUT2D eigenvalue weighted by Gasteiger charge is 2.26. The van der Waals surface area contributed by atoms with Crippen molar-refractivity contribution in [2.75, 3.05) is 5.32 Å². The summed E-state index contributed by atoms with van der Waals surface area (Å²) in [6, 6.07) is 11.0. The summed E-state index contributed by atoms with van der Waals surface area (Å²) in [7, 11) is 0. The molecule has 0 aliphatic rings. The molecule has 1 atom stereocenters. The Balaban J connectivity index is 2.02. The number of hydrogen-bond donors (Lipinski definition) is 2. The molecule has 0 saturated heterocycles. The maximum Gasteiger partial charge on any atom is 0.227 e. The zero-order chi connectivity index (χ0) is 13.0. The van der Waals surface area contributed by atoms with Gasteiger partial charge in [-0.3, -0.25) is 4.79 Å². The van der Waals surface area contributed by atoms with Gasteiger partial charge >= 0.3 is 0 Å². The van der Waals surface area contributed by atoms with Crippen LogP contribution in [-0.4, -0.2) is 11.0 Å².